The Bertz CT molecular complexity index is 281. The molecule has 72 valence electrons. The van der Waals surface area contributed by atoms with Crippen LogP contribution in [0.4, 0.5) is 0 Å². The first-order chi connectivity index (χ1) is 6.27. The van der Waals surface area contributed by atoms with E-state index in [1.54, 1.807) is 0 Å². The molecule has 1 heterocycles. The minimum Gasteiger partial charge on any atom is -0.467 e. The van der Waals surface area contributed by atoms with Crippen LogP contribution in [0.1, 0.15) is 18.3 Å². The number of aromatic nitrogens is 2. The number of hydrogen-bond acceptors (Lipinski definition) is 3. The van der Waals surface area contributed by atoms with Gasteiger partial charge in [0.15, 0.2) is 0 Å². The first-order valence-electron chi connectivity index (χ1n) is 4.36. The summed E-state index contributed by atoms with van der Waals surface area (Å²) in [4.78, 5) is 9.91. The Morgan fingerprint density at radius 1 is 1.69 bits per heavy atom. The van der Waals surface area contributed by atoms with Crippen molar-refractivity contribution < 1.29 is 9.53 Å². The Morgan fingerprint density at radius 3 is 3.08 bits per heavy atom. The Morgan fingerprint density at radius 2 is 2.46 bits per heavy atom. The van der Waals surface area contributed by atoms with Crippen LogP contribution in [0.2, 0.25) is 0 Å². The summed E-state index contributed by atoms with van der Waals surface area (Å²) < 4.78 is 6.54. The van der Waals surface area contributed by atoms with Crippen LogP contribution in [0.3, 0.4) is 0 Å². The zero-order valence-electron chi connectivity index (χ0n) is 7.99. The van der Waals surface area contributed by atoms with Crippen LogP contribution in [-0.4, -0.2) is 22.9 Å². The van der Waals surface area contributed by atoms with Gasteiger partial charge < -0.3 is 4.74 Å². The van der Waals surface area contributed by atoms with E-state index >= 15 is 0 Å². The fraction of sp³-hybridized carbons (Fsp3) is 0.556. The first-order valence-corrected chi connectivity index (χ1v) is 4.36. The van der Waals surface area contributed by atoms with Crippen LogP contribution in [0.15, 0.2) is 6.07 Å². The standard InChI is InChI=1S/C9H14N2O2/c1-3-11-9(4-5-13-7-12)6-8(2)10-11/h6-7H,3-5H2,1-2H3. The molecule has 0 aliphatic carbocycles. The second kappa shape index (κ2) is 4.64. The second-order valence-corrected chi connectivity index (χ2v) is 2.81. The molecule has 0 aromatic carbocycles. The average molecular weight is 182 g/mol. The molecule has 0 unspecified atom stereocenters. The number of aryl methyl sites for hydroxylation is 2. The third-order valence-electron chi connectivity index (χ3n) is 1.83. The molecule has 0 aliphatic heterocycles. The quantitative estimate of drug-likeness (QED) is 0.502. The van der Waals surface area contributed by atoms with E-state index in [0.717, 1.165) is 24.4 Å². The zero-order valence-corrected chi connectivity index (χ0v) is 7.99. The number of ether oxygens (including phenoxy) is 1. The number of rotatable bonds is 5. The van der Waals surface area contributed by atoms with E-state index in [1.165, 1.54) is 0 Å². The normalized spacial score (nSPS) is 10.0. The summed E-state index contributed by atoms with van der Waals surface area (Å²) >= 11 is 0. The lowest BCUT2D eigenvalue weighted by molar-refractivity contribution is -0.128. The van der Waals surface area contributed by atoms with E-state index < -0.39 is 0 Å². The van der Waals surface area contributed by atoms with Gasteiger partial charge in [-0.25, -0.2) is 0 Å². The Labute approximate surface area is 77.5 Å². The molecule has 0 aliphatic rings. The monoisotopic (exact) mass is 182 g/mol. The number of hydrogen-bond donors (Lipinski definition) is 0. The second-order valence-electron chi connectivity index (χ2n) is 2.81. The summed E-state index contributed by atoms with van der Waals surface area (Å²) in [5, 5.41) is 4.28. The van der Waals surface area contributed by atoms with Crippen LogP contribution in [0.5, 0.6) is 0 Å². The van der Waals surface area contributed by atoms with Crippen LogP contribution in [0.25, 0.3) is 0 Å². The molecule has 0 fully saturated rings. The van der Waals surface area contributed by atoms with Crippen molar-refractivity contribution >= 4 is 6.47 Å². The van der Waals surface area contributed by atoms with Gasteiger partial charge in [-0.2, -0.15) is 5.10 Å². The smallest absolute Gasteiger partial charge is 0.293 e. The van der Waals surface area contributed by atoms with E-state index in [0.29, 0.717) is 13.1 Å². The summed E-state index contributed by atoms with van der Waals surface area (Å²) in [6, 6.07) is 2.01. The summed E-state index contributed by atoms with van der Waals surface area (Å²) in [5.74, 6) is 0. The van der Waals surface area contributed by atoms with Crippen molar-refractivity contribution in [2.45, 2.75) is 26.8 Å². The maximum atomic E-state index is 9.91. The van der Waals surface area contributed by atoms with E-state index in [9.17, 15) is 4.79 Å². The molecule has 0 N–H and O–H groups in total. The Hall–Kier alpha value is -1.32. The van der Waals surface area contributed by atoms with Gasteiger partial charge in [-0.05, 0) is 19.9 Å². The van der Waals surface area contributed by atoms with Gasteiger partial charge in [0, 0.05) is 18.7 Å². The largest absolute Gasteiger partial charge is 0.467 e. The molecule has 1 aromatic heterocycles. The molecule has 4 nitrogen and oxygen atoms in total. The lowest BCUT2D eigenvalue weighted by Crippen LogP contribution is -2.05. The molecule has 0 spiro atoms. The predicted octanol–water partition coefficient (Wildman–Crippen LogP) is 0.927. The van der Waals surface area contributed by atoms with Crippen molar-refractivity contribution in [1.29, 1.82) is 0 Å². The van der Waals surface area contributed by atoms with Crippen molar-refractivity contribution in [2.24, 2.45) is 0 Å². The fourth-order valence-corrected chi connectivity index (χ4v) is 1.29. The van der Waals surface area contributed by atoms with Crippen molar-refractivity contribution in [3.05, 3.63) is 17.5 Å². The van der Waals surface area contributed by atoms with Crippen LogP contribution in [-0.2, 0) is 22.5 Å². The third-order valence-corrected chi connectivity index (χ3v) is 1.83. The number of carbonyl (C=O) groups is 1. The van der Waals surface area contributed by atoms with E-state index in [2.05, 4.69) is 9.84 Å². The zero-order chi connectivity index (χ0) is 9.68. The molecule has 0 atom stereocenters. The van der Waals surface area contributed by atoms with Crippen molar-refractivity contribution in [2.75, 3.05) is 6.61 Å². The average Bonchev–Trinajstić information content (AvgIpc) is 2.47. The van der Waals surface area contributed by atoms with E-state index in [1.807, 2.05) is 24.6 Å². The summed E-state index contributed by atoms with van der Waals surface area (Å²) in [6.07, 6.45) is 0.730. The minimum absolute atomic E-state index is 0.425. The van der Waals surface area contributed by atoms with Crippen LogP contribution in [0, 0.1) is 6.92 Å². The van der Waals surface area contributed by atoms with Crippen molar-refractivity contribution in [1.82, 2.24) is 9.78 Å². The van der Waals surface area contributed by atoms with E-state index in [-0.39, 0.29) is 0 Å². The topological polar surface area (TPSA) is 44.1 Å². The highest BCUT2D eigenvalue weighted by Crippen LogP contribution is 2.04. The van der Waals surface area contributed by atoms with Crippen molar-refractivity contribution in [3.8, 4) is 0 Å². The van der Waals surface area contributed by atoms with Crippen LogP contribution >= 0.6 is 0 Å². The molecule has 0 bridgehead atoms. The first kappa shape index (κ1) is 9.77. The summed E-state index contributed by atoms with van der Waals surface area (Å²) in [7, 11) is 0. The molecule has 0 saturated carbocycles. The van der Waals surface area contributed by atoms with Gasteiger partial charge in [0.05, 0.1) is 12.3 Å². The summed E-state index contributed by atoms with van der Waals surface area (Å²) in [5.41, 5.74) is 2.12. The third kappa shape index (κ3) is 2.57. The highest BCUT2D eigenvalue weighted by Gasteiger charge is 2.02. The molecule has 0 saturated heterocycles. The Balaban J connectivity index is 2.58. The molecule has 13 heavy (non-hydrogen) atoms. The number of nitrogens with zero attached hydrogens (tertiary/aromatic N) is 2. The molecule has 0 radical (unpaired) electrons. The van der Waals surface area contributed by atoms with Crippen molar-refractivity contribution in [3.63, 3.8) is 0 Å². The maximum Gasteiger partial charge on any atom is 0.293 e. The fourth-order valence-electron chi connectivity index (χ4n) is 1.29. The van der Waals surface area contributed by atoms with E-state index in [4.69, 9.17) is 0 Å². The molecular formula is C9H14N2O2. The molecule has 1 aromatic rings. The van der Waals surface area contributed by atoms with Gasteiger partial charge in [0.1, 0.15) is 0 Å². The highest BCUT2D eigenvalue weighted by atomic mass is 16.5. The van der Waals surface area contributed by atoms with Crippen LogP contribution < -0.4 is 0 Å². The molecule has 0 amide bonds. The SMILES string of the molecule is CCn1nc(C)cc1CCOC=O. The maximum absolute atomic E-state index is 9.91. The van der Waals surface area contributed by atoms with Gasteiger partial charge in [0.25, 0.3) is 6.47 Å². The Kier molecular flexibility index (Phi) is 3.49. The molecular weight excluding hydrogens is 168 g/mol. The minimum atomic E-state index is 0.425. The van der Waals surface area contributed by atoms with Gasteiger partial charge >= 0.3 is 0 Å². The lowest BCUT2D eigenvalue weighted by atomic mass is 10.3. The highest BCUT2D eigenvalue weighted by molar-refractivity contribution is 5.36. The number of carbonyl (C=O) groups excluding carboxylic acids is 1. The van der Waals surface area contributed by atoms with Gasteiger partial charge in [-0.15, -0.1) is 0 Å². The predicted molar refractivity (Wildman–Crippen MR) is 48.4 cm³/mol. The molecule has 1 rings (SSSR count). The van der Waals surface area contributed by atoms with Gasteiger partial charge in [-0.1, -0.05) is 0 Å². The lowest BCUT2D eigenvalue weighted by Gasteiger charge is -2.02. The van der Waals surface area contributed by atoms with Gasteiger partial charge in [-0.3, -0.25) is 9.48 Å². The van der Waals surface area contributed by atoms with Gasteiger partial charge in [0.2, 0.25) is 0 Å². The summed E-state index contributed by atoms with van der Waals surface area (Å²) in [6.45, 7) is 5.74. The molecule has 4 heteroatoms.